The number of allylic oxidation sites excluding steroid dienone is 2. The first-order valence-electron chi connectivity index (χ1n) is 12.3. The number of nitrogens with zero attached hydrogens (tertiary/aromatic N) is 2. The number of carbonyl (C=O) groups excluding carboxylic acids is 1. The molecule has 34 heavy (non-hydrogen) atoms. The normalized spacial score (nSPS) is 12.4. The molecule has 1 amide bonds. The van der Waals surface area contributed by atoms with E-state index in [1.807, 2.05) is 19.3 Å². The lowest BCUT2D eigenvalue weighted by Crippen LogP contribution is -2.38. The van der Waals surface area contributed by atoms with E-state index in [1.165, 1.54) is 16.8 Å². The average molecular weight is 486 g/mol. The highest BCUT2D eigenvalue weighted by Crippen LogP contribution is 2.25. The summed E-state index contributed by atoms with van der Waals surface area (Å²) < 4.78 is 0. The van der Waals surface area contributed by atoms with E-state index in [1.54, 1.807) is 11.8 Å². The smallest absolute Gasteiger partial charge is 0.223 e. The summed E-state index contributed by atoms with van der Waals surface area (Å²) >= 11 is 1.58. The Kier molecular flexibility index (Phi) is 12.6. The summed E-state index contributed by atoms with van der Waals surface area (Å²) in [5, 5.41) is 1.94. The standard InChI is InChI=1S/C29H47N3OS/c1-10-12-26-17-27(14-13-23(26)4)31(20-25(6)34-21-24(5)30)15-11-16-32(19-22(2)3)28(33)18-29(7,8)9/h10,12-14,17,21-22H,6,11,15-16,18-20,30H2,1-5,7-9H3/b12-10-,24-21-. The number of carbonyl (C=O) groups is 1. The van der Waals surface area contributed by atoms with Crippen molar-refractivity contribution in [2.24, 2.45) is 17.1 Å². The van der Waals surface area contributed by atoms with Crippen LogP contribution in [-0.2, 0) is 4.79 Å². The van der Waals surface area contributed by atoms with Gasteiger partial charge in [0.2, 0.25) is 5.91 Å². The van der Waals surface area contributed by atoms with Crippen molar-refractivity contribution >= 4 is 29.4 Å². The van der Waals surface area contributed by atoms with Crippen molar-refractivity contribution in [2.45, 2.75) is 68.2 Å². The van der Waals surface area contributed by atoms with Gasteiger partial charge in [-0.1, -0.05) is 71.2 Å². The molecule has 2 N–H and O–H groups in total. The number of hydrogen-bond acceptors (Lipinski definition) is 4. The molecular formula is C29H47N3OS. The van der Waals surface area contributed by atoms with Crippen molar-refractivity contribution in [2.75, 3.05) is 31.1 Å². The van der Waals surface area contributed by atoms with E-state index >= 15 is 0 Å². The molecule has 0 saturated heterocycles. The van der Waals surface area contributed by atoms with Gasteiger partial charge in [-0.15, -0.1) is 0 Å². The maximum absolute atomic E-state index is 13.0. The lowest BCUT2D eigenvalue weighted by atomic mass is 9.91. The third kappa shape index (κ3) is 11.8. The van der Waals surface area contributed by atoms with Crippen molar-refractivity contribution in [3.63, 3.8) is 0 Å². The Morgan fingerprint density at radius 2 is 1.91 bits per heavy atom. The van der Waals surface area contributed by atoms with E-state index in [2.05, 4.69) is 88.3 Å². The molecule has 0 aromatic heterocycles. The van der Waals surface area contributed by atoms with Crippen molar-refractivity contribution < 1.29 is 4.79 Å². The Bertz CT molecular complexity index is 861. The van der Waals surface area contributed by atoms with E-state index in [-0.39, 0.29) is 11.3 Å². The highest BCUT2D eigenvalue weighted by atomic mass is 32.2. The number of aryl methyl sites for hydroxylation is 1. The van der Waals surface area contributed by atoms with Gasteiger partial charge in [0.15, 0.2) is 0 Å². The maximum atomic E-state index is 13.0. The molecule has 0 atom stereocenters. The molecule has 0 aliphatic heterocycles. The fourth-order valence-corrected chi connectivity index (χ4v) is 4.27. The zero-order valence-electron chi connectivity index (χ0n) is 22.8. The lowest BCUT2D eigenvalue weighted by molar-refractivity contribution is -0.133. The fraction of sp³-hybridized carbons (Fsp3) is 0.552. The molecule has 0 spiro atoms. The Labute approximate surface area is 213 Å². The van der Waals surface area contributed by atoms with Crippen LogP contribution in [0.1, 0.15) is 72.4 Å². The number of amides is 1. The Morgan fingerprint density at radius 3 is 2.47 bits per heavy atom. The summed E-state index contributed by atoms with van der Waals surface area (Å²) in [7, 11) is 0. The zero-order chi connectivity index (χ0) is 25.9. The molecule has 4 nitrogen and oxygen atoms in total. The Morgan fingerprint density at radius 1 is 1.24 bits per heavy atom. The monoisotopic (exact) mass is 485 g/mol. The largest absolute Gasteiger partial charge is 0.402 e. The minimum absolute atomic E-state index is 0.00690. The number of rotatable bonds is 13. The van der Waals surface area contributed by atoms with Gasteiger partial charge in [0.25, 0.3) is 0 Å². The molecular weight excluding hydrogens is 438 g/mol. The second-order valence-electron chi connectivity index (χ2n) is 10.8. The van der Waals surface area contributed by atoms with E-state index < -0.39 is 0 Å². The van der Waals surface area contributed by atoms with Gasteiger partial charge in [0, 0.05) is 48.9 Å². The van der Waals surface area contributed by atoms with Crippen LogP contribution in [0.3, 0.4) is 0 Å². The summed E-state index contributed by atoms with van der Waals surface area (Å²) in [4.78, 5) is 18.5. The summed E-state index contributed by atoms with van der Waals surface area (Å²) in [6.45, 7) is 24.2. The van der Waals surface area contributed by atoms with E-state index in [0.29, 0.717) is 12.3 Å². The van der Waals surface area contributed by atoms with Crippen LogP contribution >= 0.6 is 11.8 Å². The third-order valence-corrected chi connectivity index (χ3v) is 6.18. The quantitative estimate of drug-likeness (QED) is 0.321. The van der Waals surface area contributed by atoms with E-state index in [0.717, 1.165) is 43.2 Å². The SMILES string of the molecule is C=C(CN(CCCN(CC(C)C)C(=O)CC(C)(C)C)c1ccc(C)c(/C=C\C)c1)S/C=C(/C)N. The molecule has 0 saturated carbocycles. The van der Waals surface area contributed by atoms with Gasteiger partial charge in [0.1, 0.15) is 0 Å². The van der Waals surface area contributed by atoms with Crippen molar-refractivity contribution in [3.8, 4) is 0 Å². The molecule has 0 aliphatic carbocycles. The van der Waals surface area contributed by atoms with Crippen LogP contribution in [0.15, 0.2) is 46.9 Å². The fourth-order valence-electron chi connectivity index (χ4n) is 3.69. The molecule has 0 aliphatic rings. The highest BCUT2D eigenvalue weighted by molar-refractivity contribution is 8.05. The molecule has 0 heterocycles. The number of hydrogen-bond donors (Lipinski definition) is 1. The second-order valence-corrected chi connectivity index (χ2v) is 11.9. The van der Waals surface area contributed by atoms with Gasteiger partial charge in [-0.05, 0) is 67.2 Å². The number of anilines is 1. The molecule has 0 unspecified atom stereocenters. The number of thioether (sulfide) groups is 1. The summed E-state index contributed by atoms with van der Waals surface area (Å²) in [6, 6.07) is 6.60. The van der Waals surface area contributed by atoms with Gasteiger partial charge < -0.3 is 15.5 Å². The van der Waals surface area contributed by atoms with E-state index in [9.17, 15) is 4.79 Å². The van der Waals surface area contributed by atoms with Gasteiger partial charge in [-0.2, -0.15) is 0 Å². The number of nitrogens with two attached hydrogens (primary N) is 1. The predicted molar refractivity (Wildman–Crippen MR) is 153 cm³/mol. The number of benzene rings is 1. The van der Waals surface area contributed by atoms with E-state index in [4.69, 9.17) is 5.73 Å². The first kappa shape index (κ1) is 29.9. The summed E-state index contributed by atoms with van der Waals surface area (Å²) in [5.74, 6) is 0.699. The van der Waals surface area contributed by atoms with Crippen LogP contribution < -0.4 is 10.6 Å². The van der Waals surface area contributed by atoms with Crippen molar-refractivity contribution in [1.82, 2.24) is 4.90 Å². The Hall–Kier alpha value is -2.14. The molecule has 0 bridgehead atoms. The minimum atomic E-state index is -0.00690. The topological polar surface area (TPSA) is 49.6 Å². The molecule has 0 radical (unpaired) electrons. The second kappa shape index (κ2) is 14.3. The van der Waals surface area contributed by atoms with Crippen molar-refractivity contribution in [3.05, 3.63) is 58.0 Å². The molecule has 5 heteroatoms. The molecule has 1 aromatic rings. The van der Waals surface area contributed by atoms with Crippen LogP contribution in [0.4, 0.5) is 5.69 Å². The highest BCUT2D eigenvalue weighted by Gasteiger charge is 2.22. The first-order chi connectivity index (χ1) is 15.8. The van der Waals surface area contributed by atoms with Crippen LogP contribution in [0.5, 0.6) is 0 Å². The molecule has 190 valence electrons. The molecule has 1 aromatic carbocycles. The molecule has 0 fully saturated rings. The summed E-state index contributed by atoms with van der Waals surface area (Å²) in [5.41, 5.74) is 10.2. The van der Waals surface area contributed by atoms with Crippen LogP contribution in [0, 0.1) is 18.3 Å². The van der Waals surface area contributed by atoms with Crippen LogP contribution in [-0.4, -0.2) is 37.0 Å². The van der Waals surface area contributed by atoms with Crippen LogP contribution in [0.25, 0.3) is 6.08 Å². The predicted octanol–water partition coefficient (Wildman–Crippen LogP) is 7.21. The first-order valence-corrected chi connectivity index (χ1v) is 13.2. The maximum Gasteiger partial charge on any atom is 0.223 e. The average Bonchev–Trinajstić information content (AvgIpc) is 2.71. The Balaban J connectivity index is 3.03. The van der Waals surface area contributed by atoms with Gasteiger partial charge >= 0.3 is 0 Å². The van der Waals surface area contributed by atoms with Gasteiger partial charge in [-0.3, -0.25) is 4.79 Å². The lowest BCUT2D eigenvalue weighted by Gasteiger charge is -2.30. The van der Waals surface area contributed by atoms with Gasteiger partial charge in [-0.25, -0.2) is 0 Å². The van der Waals surface area contributed by atoms with Crippen LogP contribution in [0.2, 0.25) is 0 Å². The zero-order valence-corrected chi connectivity index (χ0v) is 23.6. The van der Waals surface area contributed by atoms with Gasteiger partial charge in [0.05, 0.1) is 0 Å². The minimum Gasteiger partial charge on any atom is -0.402 e. The summed E-state index contributed by atoms with van der Waals surface area (Å²) in [6.07, 6.45) is 5.70. The van der Waals surface area contributed by atoms with Crippen molar-refractivity contribution in [1.29, 1.82) is 0 Å². The molecule has 1 rings (SSSR count). The third-order valence-electron chi connectivity index (χ3n) is 5.23.